The molecule has 0 saturated carbocycles. The lowest BCUT2D eigenvalue weighted by Crippen LogP contribution is -2.12. The van der Waals surface area contributed by atoms with Crippen LogP contribution in [0.3, 0.4) is 0 Å². The zero-order chi connectivity index (χ0) is 14.3. The topological polar surface area (TPSA) is 83.9 Å². The number of carbonyl (C=O) groups excluding carboxylic acids is 1. The Balaban J connectivity index is 3.20. The van der Waals surface area contributed by atoms with E-state index < -0.39 is 18.0 Å². The molecule has 0 radical (unpaired) electrons. The Morgan fingerprint density at radius 1 is 1.42 bits per heavy atom. The van der Waals surface area contributed by atoms with Crippen LogP contribution in [0.15, 0.2) is 42.0 Å². The molecule has 1 unspecified atom stereocenters. The number of esters is 1. The number of aliphatic hydroxyl groups excluding tert-OH is 1. The van der Waals surface area contributed by atoms with Crippen LogP contribution in [0.5, 0.6) is 0 Å². The molecule has 0 aliphatic carbocycles. The maximum absolute atomic E-state index is 11.1. The number of benzene rings is 1. The Bertz CT molecular complexity index is 505. The Labute approximate surface area is 110 Å². The van der Waals surface area contributed by atoms with E-state index in [2.05, 4.69) is 4.98 Å². The maximum Gasteiger partial charge on any atom is 0.484 e. The van der Waals surface area contributed by atoms with Gasteiger partial charge in [0.05, 0.1) is 6.61 Å². The Hall–Kier alpha value is -2.55. The van der Waals surface area contributed by atoms with Gasteiger partial charge >= 0.3 is 17.6 Å². The van der Waals surface area contributed by atoms with Crippen LogP contribution < -0.4 is 0 Å². The smallest absolute Gasteiger partial charge is 0.475 e. The predicted molar refractivity (Wildman–Crippen MR) is 67.3 cm³/mol. The van der Waals surface area contributed by atoms with Crippen molar-refractivity contribution in [3.05, 3.63) is 52.5 Å². The average molecular weight is 263 g/mol. The highest BCUT2D eigenvalue weighted by Crippen LogP contribution is 2.29. The second-order valence-corrected chi connectivity index (χ2v) is 3.62. The number of aliphatic hydroxyl groups is 1. The van der Waals surface area contributed by atoms with Gasteiger partial charge in [-0.1, -0.05) is 30.3 Å². The van der Waals surface area contributed by atoms with Crippen molar-refractivity contribution in [3.8, 4) is 0 Å². The monoisotopic (exact) mass is 263 g/mol. The van der Waals surface area contributed by atoms with Crippen molar-refractivity contribution in [2.75, 3.05) is 6.61 Å². The van der Waals surface area contributed by atoms with E-state index in [-0.39, 0.29) is 12.3 Å². The van der Waals surface area contributed by atoms with Crippen LogP contribution in [-0.2, 0) is 14.3 Å². The van der Waals surface area contributed by atoms with Gasteiger partial charge in [-0.15, -0.1) is 0 Å². The van der Waals surface area contributed by atoms with E-state index in [9.17, 15) is 9.90 Å². The second-order valence-electron chi connectivity index (χ2n) is 3.62. The van der Waals surface area contributed by atoms with Crippen molar-refractivity contribution in [1.29, 1.82) is 5.39 Å². The lowest BCUT2D eigenvalue weighted by molar-refractivity contribution is -0.145. The standard InChI is InChI=1S/C13H14N2O4/c1-3-18-13(17)11(15-14)12(19-9(2)16)10-7-5-4-6-8-10/h4-8,12H,3H2,1-2H3/p+1/b13-11-. The molecule has 1 aromatic rings. The van der Waals surface area contributed by atoms with Crippen molar-refractivity contribution < 1.29 is 19.4 Å². The summed E-state index contributed by atoms with van der Waals surface area (Å²) in [6, 6.07) is 8.61. The first-order valence-electron chi connectivity index (χ1n) is 5.73. The first-order chi connectivity index (χ1) is 9.10. The van der Waals surface area contributed by atoms with Gasteiger partial charge in [-0.25, -0.2) is 0 Å². The normalized spacial score (nSPS) is 12.9. The minimum Gasteiger partial charge on any atom is -0.475 e. The SMILES string of the molecule is CCO/C(O)=C(\[N+]#N)C(OC(C)=O)c1ccccc1. The van der Waals surface area contributed by atoms with Crippen molar-refractivity contribution in [2.45, 2.75) is 20.0 Å². The quantitative estimate of drug-likeness (QED) is 0.501. The molecule has 6 heteroatoms. The number of hydrogen-bond donors (Lipinski definition) is 1. The van der Waals surface area contributed by atoms with E-state index in [1.165, 1.54) is 6.92 Å². The highest BCUT2D eigenvalue weighted by atomic mass is 16.6. The zero-order valence-corrected chi connectivity index (χ0v) is 10.7. The minimum atomic E-state index is -1.03. The van der Waals surface area contributed by atoms with Crippen molar-refractivity contribution in [1.82, 2.24) is 0 Å². The lowest BCUT2D eigenvalue weighted by atomic mass is 10.1. The molecule has 6 nitrogen and oxygen atoms in total. The molecule has 0 amide bonds. The van der Waals surface area contributed by atoms with Gasteiger partial charge in [0, 0.05) is 12.5 Å². The fourth-order valence-corrected chi connectivity index (χ4v) is 1.49. The van der Waals surface area contributed by atoms with Crippen LogP contribution in [0.2, 0.25) is 0 Å². The highest BCUT2D eigenvalue weighted by Gasteiger charge is 2.36. The predicted octanol–water partition coefficient (Wildman–Crippen LogP) is 2.91. The minimum absolute atomic E-state index is 0.187. The maximum atomic E-state index is 11.1. The van der Waals surface area contributed by atoms with E-state index in [1.807, 2.05) is 0 Å². The van der Waals surface area contributed by atoms with Gasteiger partial charge in [-0.2, -0.15) is 0 Å². The molecule has 100 valence electrons. The van der Waals surface area contributed by atoms with Crippen LogP contribution >= 0.6 is 0 Å². The summed E-state index contributed by atoms with van der Waals surface area (Å²) in [6.45, 7) is 3.07. The molecule has 1 atom stereocenters. The fourth-order valence-electron chi connectivity index (χ4n) is 1.49. The molecule has 1 rings (SSSR count). The van der Waals surface area contributed by atoms with Crippen molar-refractivity contribution in [2.24, 2.45) is 0 Å². The first kappa shape index (κ1) is 14.5. The molecule has 0 saturated heterocycles. The summed E-state index contributed by atoms with van der Waals surface area (Å²) in [6.07, 6.45) is -1.03. The van der Waals surface area contributed by atoms with Gasteiger partial charge in [-0.05, 0) is 6.92 Å². The van der Waals surface area contributed by atoms with Crippen molar-refractivity contribution >= 4 is 5.97 Å². The molecular weight excluding hydrogens is 248 g/mol. The van der Waals surface area contributed by atoms with Gasteiger partial charge in [-0.3, -0.25) is 4.79 Å². The van der Waals surface area contributed by atoms with E-state index >= 15 is 0 Å². The van der Waals surface area contributed by atoms with E-state index in [0.29, 0.717) is 5.56 Å². The molecule has 0 aromatic heterocycles. The largest absolute Gasteiger partial charge is 0.484 e. The summed E-state index contributed by atoms with van der Waals surface area (Å²) >= 11 is 0. The van der Waals surface area contributed by atoms with Crippen LogP contribution in [-0.4, -0.2) is 17.7 Å². The Morgan fingerprint density at radius 2 is 2.05 bits per heavy atom. The van der Waals surface area contributed by atoms with Crippen LogP contribution in [0.25, 0.3) is 4.98 Å². The van der Waals surface area contributed by atoms with Gasteiger partial charge < -0.3 is 14.6 Å². The number of diazo groups is 1. The Kier molecular flexibility index (Phi) is 5.35. The summed E-state index contributed by atoms with van der Waals surface area (Å²) in [7, 11) is 0. The average Bonchev–Trinajstić information content (AvgIpc) is 2.39. The van der Waals surface area contributed by atoms with E-state index in [0.717, 1.165) is 0 Å². The third-order valence-electron chi connectivity index (χ3n) is 2.24. The fraction of sp³-hybridized carbons (Fsp3) is 0.308. The summed E-state index contributed by atoms with van der Waals surface area (Å²) in [4.78, 5) is 14.1. The van der Waals surface area contributed by atoms with Crippen molar-refractivity contribution in [3.63, 3.8) is 0 Å². The zero-order valence-electron chi connectivity index (χ0n) is 10.7. The molecule has 0 bridgehead atoms. The third-order valence-corrected chi connectivity index (χ3v) is 2.24. The first-order valence-corrected chi connectivity index (χ1v) is 5.73. The van der Waals surface area contributed by atoms with Crippen LogP contribution in [0, 0.1) is 5.39 Å². The van der Waals surface area contributed by atoms with Gasteiger partial charge in [0.1, 0.15) is 0 Å². The summed E-state index contributed by atoms with van der Waals surface area (Å²) in [5.74, 6) is -1.15. The molecule has 19 heavy (non-hydrogen) atoms. The Morgan fingerprint density at radius 3 is 2.53 bits per heavy atom. The summed E-state index contributed by atoms with van der Waals surface area (Å²) in [5, 5.41) is 18.7. The van der Waals surface area contributed by atoms with Crippen LogP contribution in [0.1, 0.15) is 25.5 Å². The highest BCUT2D eigenvalue weighted by molar-refractivity contribution is 5.66. The number of ether oxygens (including phenoxy) is 2. The molecule has 0 spiro atoms. The number of hydrogen-bond acceptors (Lipinski definition) is 5. The lowest BCUT2D eigenvalue weighted by Gasteiger charge is -2.11. The van der Waals surface area contributed by atoms with E-state index in [1.54, 1.807) is 37.3 Å². The van der Waals surface area contributed by atoms with Gasteiger partial charge in [0.2, 0.25) is 11.5 Å². The van der Waals surface area contributed by atoms with E-state index in [4.69, 9.17) is 14.9 Å². The summed E-state index contributed by atoms with van der Waals surface area (Å²) < 4.78 is 9.94. The second kappa shape index (κ2) is 7.01. The van der Waals surface area contributed by atoms with Gasteiger partial charge in [0.15, 0.2) is 4.98 Å². The number of rotatable bonds is 5. The third kappa shape index (κ3) is 4.00. The molecule has 0 heterocycles. The molecular formula is C13H15N2O4+. The molecule has 1 N–H and O–H groups in total. The summed E-state index contributed by atoms with van der Waals surface area (Å²) in [5.41, 5.74) is 0.292. The number of carbonyl (C=O) groups is 1. The number of nitrogens with zero attached hydrogens (tertiary/aromatic N) is 2. The van der Waals surface area contributed by atoms with Crippen LogP contribution in [0.4, 0.5) is 0 Å². The molecule has 1 aromatic carbocycles. The van der Waals surface area contributed by atoms with Gasteiger partial charge in [0.25, 0.3) is 0 Å². The molecule has 0 aliphatic heterocycles. The molecule has 0 fully saturated rings. The molecule has 0 aliphatic rings.